The number of furan rings is 1. The van der Waals surface area contributed by atoms with E-state index in [0.717, 1.165) is 11.0 Å². The van der Waals surface area contributed by atoms with Crippen LogP contribution in [-0.2, 0) is 11.3 Å². The molecule has 0 unspecified atom stereocenters. The highest BCUT2D eigenvalue weighted by molar-refractivity contribution is 5.98. The van der Waals surface area contributed by atoms with Gasteiger partial charge in [-0.3, -0.25) is 9.59 Å². The van der Waals surface area contributed by atoms with E-state index in [9.17, 15) is 9.59 Å². The normalized spacial score (nSPS) is 16.5. The number of hydrogen-bond donors (Lipinski definition) is 0. The Hall–Kier alpha value is -3.48. The summed E-state index contributed by atoms with van der Waals surface area (Å²) in [6, 6.07) is 12.9. The summed E-state index contributed by atoms with van der Waals surface area (Å²) in [6.45, 7) is 9.77. The zero-order valence-corrected chi connectivity index (χ0v) is 17.9. The number of allylic oxidation sites excluding steroid dienone is 1. The minimum atomic E-state index is -0.0999. The van der Waals surface area contributed by atoms with Gasteiger partial charge in [-0.25, -0.2) is 0 Å². The molecular weight excluding hydrogens is 394 g/mol. The number of aromatic nitrogens is 1. The Balaban J connectivity index is 1.42. The lowest BCUT2D eigenvalue weighted by atomic mass is 10.1. The number of carbonyl (C=O) groups is 2. The zero-order chi connectivity index (χ0) is 22.0. The summed E-state index contributed by atoms with van der Waals surface area (Å²) in [5.74, 6) is 0.527. The van der Waals surface area contributed by atoms with Crippen LogP contribution in [0.25, 0.3) is 11.1 Å². The third-order valence-electron chi connectivity index (χ3n) is 5.49. The molecule has 31 heavy (non-hydrogen) atoms. The molecule has 3 aromatic rings. The third-order valence-corrected chi connectivity index (χ3v) is 5.49. The molecule has 7 nitrogen and oxygen atoms in total. The number of piperazine rings is 1. The Morgan fingerprint density at radius 2 is 1.97 bits per heavy atom. The highest BCUT2D eigenvalue weighted by Crippen LogP contribution is 2.24. The van der Waals surface area contributed by atoms with Gasteiger partial charge in [0, 0.05) is 37.6 Å². The highest BCUT2D eigenvalue weighted by atomic mass is 16.5. The van der Waals surface area contributed by atoms with Gasteiger partial charge in [0.25, 0.3) is 11.8 Å². The molecule has 4 rings (SSSR count). The van der Waals surface area contributed by atoms with E-state index in [1.165, 1.54) is 0 Å². The molecule has 0 spiro atoms. The van der Waals surface area contributed by atoms with Crippen molar-refractivity contribution >= 4 is 22.9 Å². The summed E-state index contributed by atoms with van der Waals surface area (Å²) >= 11 is 0. The molecule has 1 atom stereocenters. The molecule has 0 aliphatic carbocycles. The molecule has 1 saturated heterocycles. The molecule has 1 fully saturated rings. The van der Waals surface area contributed by atoms with Crippen molar-refractivity contribution < 1.29 is 18.7 Å². The van der Waals surface area contributed by atoms with Gasteiger partial charge in [-0.15, -0.1) is 0 Å². The molecule has 162 valence electrons. The monoisotopic (exact) mass is 421 g/mol. The van der Waals surface area contributed by atoms with Crippen molar-refractivity contribution in [2.45, 2.75) is 26.4 Å². The molecule has 2 aromatic heterocycles. The van der Waals surface area contributed by atoms with Crippen LogP contribution in [0.5, 0.6) is 5.75 Å². The molecule has 0 saturated carbocycles. The Morgan fingerprint density at radius 3 is 2.68 bits per heavy atom. The van der Waals surface area contributed by atoms with Gasteiger partial charge in [0.1, 0.15) is 11.4 Å². The van der Waals surface area contributed by atoms with Crippen molar-refractivity contribution in [3.63, 3.8) is 0 Å². The number of para-hydroxylation sites is 1. The average molecular weight is 421 g/mol. The van der Waals surface area contributed by atoms with Gasteiger partial charge in [-0.1, -0.05) is 30.4 Å². The largest absolute Gasteiger partial charge is 0.484 e. The Labute approximate surface area is 181 Å². The Morgan fingerprint density at radius 1 is 1.19 bits per heavy atom. The smallest absolute Gasteiger partial charge is 0.270 e. The molecule has 3 heterocycles. The summed E-state index contributed by atoms with van der Waals surface area (Å²) in [7, 11) is 0. The van der Waals surface area contributed by atoms with Crippen LogP contribution < -0.4 is 4.74 Å². The third kappa shape index (κ3) is 4.35. The lowest BCUT2D eigenvalue weighted by Gasteiger charge is -2.39. The van der Waals surface area contributed by atoms with E-state index in [4.69, 9.17) is 9.15 Å². The number of carbonyl (C=O) groups excluding carboxylic acids is 2. The maximum Gasteiger partial charge on any atom is 0.270 e. The fraction of sp³-hybridized carbons (Fsp3) is 0.333. The average Bonchev–Trinajstić information content (AvgIpc) is 3.34. The minimum absolute atomic E-state index is 0.0137. The quantitative estimate of drug-likeness (QED) is 0.571. The van der Waals surface area contributed by atoms with Crippen molar-refractivity contribution in [3.05, 3.63) is 66.6 Å². The second-order valence-electron chi connectivity index (χ2n) is 8.04. The first-order valence-corrected chi connectivity index (χ1v) is 10.4. The van der Waals surface area contributed by atoms with Crippen molar-refractivity contribution in [2.75, 3.05) is 26.2 Å². The van der Waals surface area contributed by atoms with E-state index in [-0.39, 0.29) is 24.5 Å². The molecule has 0 bridgehead atoms. The topological polar surface area (TPSA) is 67.9 Å². The molecule has 1 aliphatic rings. The van der Waals surface area contributed by atoms with E-state index < -0.39 is 0 Å². The van der Waals surface area contributed by atoms with Crippen LogP contribution in [0, 0.1) is 0 Å². The van der Waals surface area contributed by atoms with E-state index >= 15 is 0 Å². The fourth-order valence-electron chi connectivity index (χ4n) is 4.00. The number of fused-ring (bicyclic) bond motifs is 1. The van der Waals surface area contributed by atoms with E-state index in [2.05, 4.69) is 6.58 Å². The number of hydrogen-bond acceptors (Lipinski definition) is 4. The van der Waals surface area contributed by atoms with Crippen molar-refractivity contribution in [1.29, 1.82) is 0 Å². The van der Waals surface area contributed by atoms with Gasteiger partial charge in [0.2, 0.25) is 5.71 Å². The summed E-state index contributed by atoms with van der Waals surface area (Å²) in [6.07, 6.45) is 1.62. The van der Waals surface area contributed by atoms with Gasteiger partial charge in [0.05, 0.1) is 6.26 Å². The molecule has 1 aliphatic heterocycles. The molecule has 7 heteroatoms. The standard InChI is InChI=1S/C24H27N3O4/c1-17(2)14-27-21(13-19-9-12-30-24(19)27)23(29)25-10-11-26(18(3)15-25)22(28)16-31-20-7-5-4-6-8-20/h4-9,12-13,18H,1,10-11,14-16H2,2-3H3/t18-/m0/s1. The number of rotatable bonds is 6. The predicted octanol–water partition coefficient (Wildman–Crippen LogP) is 3.56. The molecular formula is C24H27N3O4. The first kappa shape index (κ1) is 20.8. The SMILES string of the molecule is C=C(C)Cn1c(C(=O)N2CCN(C(=O)COc3ccccc3)[C@@H](C)C2)cc2ccoc21. The number of benzene rings is 1. The minimum Gasteiger partial charge on any atom is -0.484 e. The first-order chi connectivity index (χ1) is 14.9. The zero-order valence-electron chi connectivity index (χ0n) is 17.9. The summed E-state index contributed by atoms with van der Waals surface area (Å²) in [5.41, 5.74) is 2.19. The lowest BCUT2D eigenvalue weighted by molar-refractivity contribution is -0.137. The highest BCUT2D eigenvalue weighted by Gasteiger charge is 2.32. The van der Waals surface area contributed by atoms with Crippen LogP contribution >= 0.6 is 0 Å². The van der Waals surface area contributed by atoms with E-state index in [1.54, 1.807) is 16.1 Å². The summed E-state index contributed by atoms with van der Waals surface area (Å²) in [5, 5.41) is 0.893. The van der Waals surface area contributed by atoms with Crippen LogP contribution in [0.15, 0.2) is 65.3 Å². The van der Waals surface area contributed by atoms with E-state index in [0.29, 0.717) is 43.3 Å². The van der Waals surface area contributed by atoms with Crippen LogP contribution in [0.1, 0.15) is 24.3 Å². The van der Waals surface area contributed by atoms with Crippen LogP contribution in [0.4, 0.5) is 0 Å². The summed E-state index contributed by atoms with van der Waals surface area (Å²) in [4.78, 5) is 29.6. The maximum atomic E-state index is 13.3. The molecule has 0 N–H and O–H groups in total. The van der Waals surface area contributed by atoms with Crippen molar-refractivity contribution in [1.82, 2.24) is 14.4 Å². The number of ether oxygens (including phenoxy) is 1. The van der Waals surface area contributed by atoms with Crippen molar-refractivity contribution in [3.8, 4) is 5.75 Å². The Bertz CT molecular complexity index is 1100. The second kappa shape index (κ2) is 8.71. The van der Waals surface area contributed by atoms with Crippen LogP contribution in [-0.4, -0.2) is 58.5 Å². The van der Waals surface area contributed by atoms with Crippen LogP contribution in [0.2, 0.25) is 0 Å². The lowest BCUT2D eigenvalue weighted by Crippen LogP contribution is -2.56. The molecule has 1 aromatic carbocycles. The number of amides is 2. The van der Waals surface area contributed by atoms with Gasteiger partial charge in [-0.2, -0.15) is 0 Å². The molecule has 2 amide bonds. The first-order valence-electron chi connectivity index (χ1n) is 10.4. The van der Waals surface area contributed by atoms with Gasteiger partial charge >= 0.3 is 0 Å². The maximum absolute atomic E-state index is 13.3. The van der Waals surface area contributed by atoms with Crippen molar-refractivity contribution in [2.24, 2.45) is 0 Å². The summed E-state index contributed by atoms with van der Waals surface area (Å²) < 4.78 is 13.1. The van der Waals surface area contributed by atoms with Gasteiger partial charge < -0.3 is 23.5 Å². The van der Waals surface area contributed by atoms with Gasteiger partial charge in [0.15, 0.2) is 6.61 Å². The van der Waals surface area contributed by atoms with Crippen LogP contribution in [0.3, 0.4) is 0 Å². The molecule has 0 radical (unpaired) electrons. The Kier molecular flexibility index (Phi) is 5.84. The predicted molar refractivity (Wildman–Crippen MR) is 118 cm³/mol. The second-order valence-corrected chi connectivity index (χ2v) is 8.04. The van der Waals surface area contributed by atoms with E-state index in [1.807, 2.05) is 60.9 Å². The number of nitrogens with zero attached hydrogens (tertiary/aromatic N) is 3. The van der Waals surface area contributed by atoms with Gasteiger partial charge in [-0.05, 0) is 38.1 Å². The fourth-order valence-corrected chi connectivity index (χ4v) is 4.00.